The Morgan fingerprint density at radius 1 is 0.417 bits per heavy atom. The summed E-state index contributed by atoms with van der Waals surface area (Å²) in [6.45, 7) is 4.46. The number of hydrogen-bond donors (Lipinski definition) is 3. The Hall–Kier alpha value is -0.780. The van der Waals surface area contributed by atoms with Gasteiger partial charge in [-0.15, -0.1) is 0 Å². The van der Waals surface area contributed by atoms with Crippen LogP contribution in [0.5, 0.6) is 0 Å². The summed E-state index contributed by atoms with van der Waals surface area (Å²) < 4.78 is 0. The van der Waals surface area contributed by atoms with Crippen LogP contribution in [-0.2, 0) is 9.59 Å². The molecule has 0 aromatic carbocycles. The average molecular weight is 513 g/mol. The van der Waals surface area contributed by atoms with Crippen molar-refractivity contribution in [1.82, 2.24) is 0 Å². The molecular weight excluding hydrogens is 452 g/mol. The average Bonchev–Trinajstić information content (AvgIpc) is 2.88. The lowest BCUT2D eigenvalue weighted by Crippen LogP contribution is -2.45. The van der Waals surface area contributed by atoms with Crippen LogP contribution in [0.3, 0.4) is 0 Å². The van der Waals surface area contributed by atoms with Crippen molar-refractivity contribution in [2.75, 3.05) is 0 Å². The van der Waals surface area contributed by atoms with Crippen LogP contribution < -0.4 is 0 Å². The highest BCUT2D eigenvalue weighted by molar-refractivity contribution is 5.87. The zero-order chi connectivity index (χ0) is 26.9. The third-order valence-corrected chi connectivity index (χ3v) is 7.36. The maximum Gasteiger partial charge on any atom is 0.164 e. The molecule has 0 bridgehead atoms. The van der Waals surface area contributed by atoms with Crippen LogP contribution in [0.4, 0.5) is 0 Å². The molecule has 0 spiro atoms. The fourth-order valence-electron chi connectivity index (χ4n) is 4.78. The van der Waals surface area contributed by atoms with Crippen molar-refractivity contribution in [3.05, 3.63) is 0 Å². The summed E-state index contributed by atoms with van der Waals surface area (Å²) in [6, 6.07) is 0. The molecule has 36 heavy (non-hydrogen) atoms. The van der Waals surface area contributed by atoms with Crippen molar-refractivity contribution >= 4 is 11.6 Å². The number of rotatable bonds is 28. The molecule has 2 unspecified atom stereocenters. The van der Waals surface area contributed by atoms with Crippen LogP contribution in [0.2, 0.25) is 0 Å². The smallest absolute Gasteiger partial charge is 0.164 e. The Morgan fingerprint density at radius 2 is 0.639 bits per heavy atom. The SMILES string of the molecule is CCCCCCCCCCCCCC(=O)C(O)C(O)C(O)C(=O)CCCCCCCCCCCCC. The third kappa shape index (κ3) is 20.3. The zero-order valence-electron chi connectivity index (χ0n) is 23.9. The molecule has 2 atom stereocenters. The van der Waals surface area contributed by atoms with Gasteiger partial charge in [-0.25, -0.2) is 0 Å². The van der Waals surface area contributed by atoms with Crippen molar-refractivity contribution in [2.24, 2.45) is 0 Å². The van der Waals surface area contributed by atoms with Gasteiger partial charge in [0.2, 0.25) is 0 Å². The van der Waals surface area contributed by atoms with Gasteiger partial charge in [-0.05, 0) is 12.8 Å². The molecule has 0 heterocycles. The van der Waals surface area contributed by atoms with Gasteiger partial charge in [-0.2, -0.15) is 0 Å². The second-order valence-electron chi connectivity index (χ2n) is 10.9. The van der Waals surface area contributed by atoms with Crippen molar-refractivity contribution in [3.63, 3.8) is 0 Å². The molecule has 0 aliphatic carbocycles. The largest absolute Gasteiger partial charge is 0.387 e. The molecule has 0 aromatic heterocycles. The van der Waals surface area contributed by atoms with Crippen LogP contribution in [-0.4, -0.2) is 45.2 Å². The Kier molecular flexibility index (Phi) is 25.3. The van der Waals surface area contributed by atoms with Crippen molar-refractivity contribution in [1.29, 1.82) is 0 Å². The number of ketones is 2. The molecular formula is C31H60O5. The van der Waals surface area contributed by atoms with Gasteiger partial charge in [0.1, 0.15) is 18.3 Å². The van der Waals surface area contributed by atoms with E-state index in [1.54, 1.807) is 0 Å². The minimum absolute atomic E-state index is 0.175. The lowest BCUT2D eigenvalue weighted by atomic mass is 9.95. The fraction of sp³-hybridized carbons (Fsp3) is 0.935. The Bertz CT molecular complexity index is 463. The van der Waals surface area contributed by atoms with Crippen LogP contribution in [0, 0.1) is 0 Å². The lowest BCUT2D eigenvalue weighted by Gasteiger charge is -2.21. The van der Waals surface area contributed by atoms with E-state index in [4.69, 9.17) is 0 Å². The number of hydrogen-bond acceptors (Lipinski definition) is 5. The van der Waals surface area contributed by atoms with Crippen molar-refractivity contribution in [2.45, 2.75) is 186 Å². The number of Topliss-reactive ketones (excluding diaryl/α,β-unsaturated/α-hetero) is 2. The molecule has 214 valence electrons. The first-order chi connectivity index (χ1) is 17.5. The molecule has 0 rings (SSSR count). The second kappa shape index (κ2) is 25.9. The molecule has 0 saturated carbocycles. The highest BCUT2D eigenvalue weighted by Gasteiger charge is 2.33. The predicted octanol–water partition coefficient (Wildman–Crippen LogP) is 7.61. The lowest BCUT2D eigenvalue weighted by molar-refractivity contribution is -0.146. The van der Waals surface area contributed by atoms with Crippen molar-refractivity contribution < 1.29 is 24.9 Å². The standard InChI is InChI=1S/C31H60O5/c1-3-5-7-9-11-13-15-17-19-21-23-25-27(32)29(34)31(36)30(35)28(33)26-24-22-20-18-16-14-12-10-8-6-4-2/h29-31,34-36H,3-26H2,1-2H3. The molecule has 0 radical (unpaired) electrons. The van der Waals surface area contributed by atoms with E-state index in [0.29, 0.717) is 12.8 Å². The Labute approximate surface area is 222 Å². The van der Waals surface area contributed by atoms with E-state index in [9.17, 15) is 24.9 Å². The van der Waals surface area contributed by atoms with Crippen LogP contribution in [0.15, 0.2) is 0 Å². The molecule has 5 heteroatoms. The normalized spacial score (nSPS) is 14.0. The summed E-state index contributed by atoms with van der Waals surface area (Å²) in [7, 11) is 0. The van der Waals surface area contributed by atoms with Gasteiger partial charge in [0, 0.05) is 12.8 Å². The molecule has 5 nitrogen and oxygen atoms in total. The molecule has 0 fully saturated rings. The first kappa shape index (κ1) is 35.2. The monoisotopic (exact) mass is 512 g/mol. The minimum Gasteiger partial charge on any atom is -0.387 e. The van der Waals surface area contributed by atoms with Gasteiger partial charge in [0.05, 0.1) is 0 Å². The number of aliphatic hydroxyl groups is 3. The highest BCUT2D eigenvalue weighted by Crippen LogP contribution is 2.15. The predicted molar refractivity (Wildman–Crippen MR) is 150 cm³/mol. The van der Waals surface area contributed by atoms with Crippen LogP contribution >= 0.6 is 0 Å². The quantitative estimate of drug-likeness (QED) is 0.0938. The number of carbonyl (C=O) groups excluding carboxylic acids is 2. The van der Waals surface area contributed by atoms with E-state index in [2.05, 4.69) is 13.8 Å². The summed E-state index contributed by atoms with van der Waals surface area (Å²) in [5.41, 5.74) is 0. The van der Waals surface area contributed by atoms with E-state index in [1.807, 2.05) is 0 Å². The van der Waals surface area contributed by atoms with Gasteiger partial charge in [-0.3, -0.25) is 9.59 Å². The molecule has 3 N–H and O–H groups in total. The summed E-state index contributed by atoms with van der Waals surface area (Å²) >= 11 is 0. The van der Waals surface area contributed by atoms with Gasteiger partial charge < -0.3 is 15.3 Å². The van der Waals surface area contributed by atoms with E-state index in [-0.39, 0.29) is 12.8 Å². The molecule has 0 saturated heterocycles. The van der Waals surface area contributed by atoms with E-state index in [0.717, 1.165) is 25.7 Å². The topological polar surface area (TPSA) is 94.8 Å². The fourth-order valence-corrected chi connectivity index (χ4v) is 4.78. The molecule has 0 amide bonds. The molecule has 0 aliphatic heterocycles. The second-order valence-corrected chi connectivity index (χ2v) is 10.9. The maximum atomic E-state index is 12.2. The Balaban J connectivity index is 3.77. The Morgan fingerprint density at radius 3 is 0.889 bits per heavy atom. The van der Waals surface area contributed by atoms with Crippen LogP contribution in [0.1, 0.15) is 168 Å². The number of aliphatic hydroxyl groups excluding tert-OH is 3. The van der Waals surface area contributed by atoms with E-state index < -0.39 is 29.9 Å². The van der Waals surface area contributed by atoms with Crippen molar-refractivity contribution in [3.8, 4) is 0 Å². The molecule has 0 aromatic rings. The third-order valence-electron chi connectivity index (χ3n) is 7.36. The summed E-state index contributed by atoms with van der Waals surface area (Å²) in [5.74, 6) is -0.972. The highest BCUT2D eigenvalue weighted by atomic mass is 16.4. The van der Waals surface area contributed by atoms with Gasteiger partial charge >= 0.3 is 0 Å². The molecule has 0 aliphatic rings. The van der Waals surface area contributed by atoms with E-state index in [1.165, 1.54) is 103 Å². The first-order valence-electron chi connectivity index (χ1n) is 15.5. The number of carbonyl (C=O) groups is 2. The van der Waals surface area contributed by atoms with Gasteiger partial charge in [0.25, 0.3) is 0 Å². The minimum atomic E-state index is -1.73. The summed E-state index contributed by atoms with van der Waals surface area (Å²) in [5, 5.41) is 30.4. The van der Waals surface area contributed by atoms with E-state index >= 15 is 0 Å². The number of unbranched alkanes of at least 4 members (excludes halogenated alkanes) is 20. The maximum absolute atomic E-state index is 12.2. The van der Waals surface area contributed by atoms with Gasteiger partial charge in [0.15, 0.2) is 11.6 Å². The van der Waals surface area contributed by atoms with Gasteiger partial charge in [-0.1, -0.05) is 142 Å². The summed E-state index contributed by atoms with van der Waals surface area (Å²) in [6.07, 6.45) is 21.1. The first-order valence-corrected chi connectivity index (χ1v) is 15.5. The van der Waals surface area contributed by atoms with Crippen LogP contribution in [0.25, 0.3) is 0 Å². The zero-order valence-corrected chi connectivity index (χ0v) is 23.9. The summed E-state index contributed by atoms with van der Waals surface area (Å²) in [4.78, 5) is 24.4.